The zero-order valence-electron chi connectivity index (χ0n) is 10.2. The van der Waals surface area contributed by atoms with Crippen LogP contribution in [-0.4, -0.2) is 26.1 Å². The molecule has 0 saturated heterocycles. The van der Waals surface area contributed by atoms with Crippen LogP contribution in [0.5, 0.6) is 0 Å². The van der Waals surface area contributed by atoms with Gasteiger partial charge in [-0.25, -0.2) is 14.6 Å². The summed E-state index contributed by atoms with van der Waals surface area (Å²) in [5.74, 6) is -2.28. The van der Waals surface area contributed by atoms with Crippen LogP contribution in [0.1, 0.15) is 21.6 Å². The maximum absolute atomic E-state index is 13.1. The molecule has 2 rings (SSSR count). The van der Waals surface area contributed by atoms with E-state index in [0.717, 1.165) is 16.9 Å². The molecular weight excluding hydrogens is 296 g/mol. The lowest BCUT2D eigenvalue weighted by Crippen LogP contribution is -2.18. The lowest BCUT2D eigenvalue weighted by atomic mass is 10.1. The first kappa shape index (κ1) is 14.9. The highest BCUT2D eigenvalue weighted by Crippen LogP contribution is 2.31. The monoisotopic (exact) mass is 304 g/mol. The summed E-state index contributed by atoms with van der Waals surface area (Å²) in [7, 11) is 0. The van der Waals surface area contributed by atoms with Crippen LogP contribution in [0, 0.1) is 5.82 Å². The van der Waals surface area contributed by atoms with Gasteiger partial charge >= 0.3 is 6.18 Å². The van der Waals surface area contributed by atoms with Crippen LogP contribution < -0.4 is 5.48 Å². The third kappa shape index (κ3) is 3.34. The molecule has 0 aliphatic heterocycles. The molecule has 2 N–H and O–H groups in total. The highest BCUT2D eigenvalue weighted by Gasteiger charge is 2.34. The molecule has 1 aromatic heterocycles. The van der Waals surface area contributed by atoms with E-state index in [1.54, 1.807) is 0 Å². The lowest BCUT2D eigenvalue weighted by molar-refractivity contribution is -0.140. The number of carbonyl (C=O) groups excluding carboxylic acids is 1. The number of aromatic nitrogens is 3. The van der Waals surface area contributed by atoms with Crippen molar-refractivity contribution in [3.05, 3.63) is 47.0 Å². The van der Waals surface area contributed by atoms with Crippen LogP contribution in [0.2, 0.25) is 0 Å². The molecule has 0 atom stereocenters. The maximum Gasteiger partial charge on any atom is 0.419 e. The van der Waals surface area contributed by atoms with Crippen LogP contribution in [0.15, 0.2) is 24.4 Å². The molecule has 0 saturated carbocycles. The molecule has 1 aromatic carbocycles. The number of amides is 1. The number of rotatable bonds is 3. The number of nitrogens with zero attached hydrogens (tertiary/aromatic N) is 3. The van der Waals surface area contributed by atoms with Crippen molar-refractivity contribution in [2.45, 2.75) is 12.7 Å². The molecule has 0 radical (unpaired) electrons. The van der Waals surface area contributed by atoms with Gasteiger partial charge in [0.25, 0.3) is 5.91 Å². The van der Waals surface area contributed by atoms with Crippen molar-refractivity contribution in [3.8, 4) is 0 Å². The largest absolute Gasteiger partial charge is 0.419 e. The van der Waals surface area contributed by atoms with Crippen LogP contribution >= 0.6 is 0 Å². The van der Waals surface area contributed by atoms with E-state index >= 15 is 0 Å². The Labute approximate surface area is 115 Å². The number of halogens is 4. The Balaban J connectivity index is 2.24. The predicted molar refractivity (Wildman–Crippen MR) is 59.8 cm³/mol. The first-order valence-electron chi connectivity index (χ1n) is 5.51. The number of carbonyl (C=O) groups is 1. The normalized spacial score (nSPS) is 11.5. The summed E-state index contributed by atoms with van der Waals surface area (Å²) in [6.45, 7) is -0.144. The second-order valence-corrected chi connectivity index (χ2v) is 4.05. The first-order chi connectivity index (χ1) is 9.81. The Morgan fingerprint density at radius 1 is 1.38 bits per heavy atom. The van der Waals surface area contributed by atoms with Gasteiger partial charge < -0.3 is 0 Å². The molecule has 6 nitrogen and oxygen atoms in total. The SMILES string of the molecule is O=C(NO)c1cn(Cc2ccc(F)c(C(F)(F)F)c2)nn1. The molecule has 0 spiro atoms. The number of hydroxylamine groups is 1. The average Bonchev–Trinajstić information content (AvgIpc) is 2.87. The third-order valence-corrected chi connectivity index (χ3v) is 2.55. The Bertz CT molecular complexity index is 668. The fraction of sp³-hybridized carbons (Fsp3) is 0.182. The number of hydrogen-bond acceptors (Lipinski definition) is 4. The van der Waals surface area contributed by atoms with Crippen molar-refractivity contribution in [2.24, 2.45) is 0 Å². The molecule has 0 fully saturated rings. The summed E-state index contributed by atoms with van der Waals surface area (Å²) in [5, 5.41) is 15.3. The van der Waals surface area contributed by atoms with Crippen molar-refractivity contribution < 1.29 is 27.6 Å². The summed E-state index contributed by atoms with van der Waals surface area (Å²) in [4.78, 5) is 11.0. The van der Waals surface area contributed by atoms with Crippen molar-refractivity contribution in [2.75, 3.05) is 0 Å². The third-order valence-electron chi connectivity index (χ3n) is 2.55. The van der Waals surface area contributed by atoms with E-state index in [1.807, 2.05) is 0 Å². The summed E-state index contributed by atoms with van der Waals surface area (Å²) in [6, 6.07) is 2.53. The zero-order valence-corrected chi connectivity index (χ0v) is 10.2. The fourth-order valence-electron chi connectivity index (χ4n) is 1.61. The first-order valence-corrected chi connectivity index (χ1v) is 5.51. The number of hydrogen-bond donors (Lipinski definition) is 2. The molecule has 1 heterocycles. The second-order valence-electron chi connectivity index (χ2n) is 4.05. The molecule has 0 aliphatic rings. The van der Waals surface area contributed by atoms with Crippen molar-refractivity contribution in [3.63, 3.8) is 0 Å². The summed E-state index contributed by atoms with van der Waals surface area (Å²) in [6.07, 6.45) is -3.67. The molecule has 0 bridgehead atoms. The van der Waals surface area contributed by atoms with E-state index in [-0.39, 0.29) is 17.8 Å². The summed E-state index contributed by atoms with van der Waals surface area (Å²) < 4.78 is 51.9. The van der Waals surface area contributed by atoms with Crippen molar-refractivity contribution in [1.82, 2.24) is 20.5 Å². The predicted octanol–water partition coefficient (Wildman–Crippen LogP) is 1.60. The smallest absolute Gasteiger partial charge is 0.288 e. The topological polar surface area (TPSA) is 80.0 Å². The van der Waals surface area contributed by atoms with Crippen LogP contribution in [-0.2, 0) is 12.7 Å². The molecule has 0 aliphatic carbocycles. The lowest BCUT2D eigenvalue weighted by Gasteiger charge is -2.09. The van der Waals surface area contributed by atoms with E-state index in [0.29, 0.717) is 12.1 Å². The minimum absolute atomic E-state index is 0.129. The standard InChI is InChI=1S/C11H8F4N4O2/c12-8-2-1-6(3-7(8)11(13,14)15)4-19-5-9(16-18-19)10(20)17-21/h1-3,5,21H,4H2,(H,17,20). The van der Waals surface area contributed by atoms with Gasteiger partial charge in [-0.05, 0) is 17.7 Å². The highest BCUT2D eigenvalue weighted by atomic mass is 19.4. The number of alkyl halides is 3. The molecule has 10 heteroatoms. The Morgan fingerprint density at radius 2 is 2.10 bits per heavy atom. The molecule has 2 aromatic rings. The van der Waals surface area contributed by atoms with Crippen LogP contribution in [0.3, 0.4) is 0 Å². The van der Waals surface area contributed by atoms with Gasteiger partial charge in [0.1, 0.15) is 5.82 Å². The van der Waals surface area contributed by atoms with E-state index in [4.69, 9.17) is 5.21 Å². The van der Waals surface area contributed by atoms with E-state index < -0.39 is 23.5 Å². The van der Waals surface area contributed by atoms with E-state index in [2.05, 4.69) is 10.3 Å². The molecule has 21 heavy (non-hydrogen) atoms. The molecular formula is C11H8F4N4O2. The Kier molecular flexibility index (Phi) is 3.89. The van der Waals surface area contributed by atoms with Gasteiger partial charge in [-0.1, -0.05) is 11.3 Å². The minimum atomic E-state index is -4.80. The molecule has 112 valence electrons. The average molecular weight is 304 g/mol. The maximum atomic E-state index is 13.1. The van der Waals surface area contributed by atoms with Gasteiger partial charge in [0.05, 0.1) is 18.3 Å². The number of nitrogens with one attached hydrogen (secondary N) is 1. The fourth-order valence-corrected chi connectivity index (χ4v) is 1.61. The van der Waals surface area contributed by atoms with Crippen LogP contribution in [0.25, 0.3) is 0 Å². The second kappa shape index (κ2) is 5.48. The number of benzene rings is 1. The summed E-state index contributed by atoms with van der Waals surface area (Å²) >= 11 is 0. The van der Waals surface area contributed by atoms with Gasteiger partial charge in [0.2, 0.25) is 0 Å². The quantitative estimate of drug-likeness (QED) is 0.513. The molecule has 0 unspecified atom stereocenters. The van der Waals surface area contributed by atoms with Gasteiger partial charge in [-0.3, -0.25) is 10.0 Å². The molecule has 1 amide bonds. The van der Waals surface area contributed by atoms with Gasteiger partial charge in [0, 0.05) is 0 Å². The zero-order chi connectivity index (χ0) is 15.6. The highest BCUT2D eigenvalue weighted by molar-refractivity contribution is 5.90. The van der Waals surface area contributed by atoms with E-state index in [9.17, 15) is 22.4 Å². The van der Waals surface area contributed by atoms with Crippen LogP contribution in [0.4, 0.5) is 17.6 Å². The van der Waals surface area contributed by atoms with Gasteiger partial charge in [-0.15, -0.1) is 5.10 Å². The van der Waals surface area contributed by atoms with Crippen molar-refractivity contribution in [1.29, 1.82) is 0 Å². The van der Waals surface area contributed by atoms with Gasteiger partial charge in [-0.2, -0.15) is 13.2 Å². The van der Waals surface area contributed by atoms with E-state index in [1.165, 1.54) is 5.48 Å². The Hall–Kier alpha value is -2.49. The minimum Gasteiger partial charge on any atom is -0.288 e. The van der Waals surface area contributed by atoms with Gasteiger partial charge in [0.15, 0.2) is 5.69 Å². The van der Waals surface area contributed by atoms with Crippen molar-refractivity contribution >= 4 is 5.91 Å². The summed E-state index contributed by atoms with van der Waals surface area (Å²) in [5.41, 5.74) is -0.122. The Morgan fingerprint density at radius 3 is 2.71 bits per heavy atom.